The quantitative estimate of drug-likeness (QED) is 0.790. The number of hydrogen-bond donors (Lipinski definition) is 1. The van der Waals surface area contributed by atoms with Crippen molar-refractivity contribution >= 4 is 11.8 Å². The van der Waals surface area contributed by atoms with Gasteiger partial charge in [0.15, 0.2) is 0 Å². The van der Waals surface area contributed by atoms with Gasteiger partial charge in [0.25, 0.3) is 0 Å². The van der Waals surface area contributed by atoms with Gasteiger partial charge in [-0.25, -0.2) is 0 Å². The smallest absolute Gasteiger partial charge is 0.242 e. The predicted octanol–water partition coefficient (Wildman–Crippen LogP) is 0.592. The minimum atomic E-state index is -0.217. The Kier molecular flexibility index (Phi) is 4.90. The molecule has 1 aromatic carbocycles. The molecule has 142 valence electrons. The first kappa shape index (κ1) is 18.0. The lowest BCUT2D eigenvalue weighted by atomic mass is 9.73. The molecule has 2 heterocycles. The molecule has 0 radical (unpaired) electrons. The molecule has 6 nitrogen and oxygen atoms in total. The van der Waals surface area contributed by atoms with E-state index in [9.17, 15) is 14.7 Å². The summed E-state index contributed by atoms with van der Waals surface area (Å²) in [5, 5.41) is 9.83. The summed E-state index contributed by atoms with van der Waals surface area (Å²) in [6.45, 7) is 1.01. The predicted molar refractivity (Wildman–Crippen MR) is 98.7 cm³/mol. The second-order valence-electron chi connectivity index (χ2n) is 7.49. The number of fused-ring (bicyclic) bond motifs is 1. The largest absolute Gasteiger partial charge is 0.394 e. The van der Waals surface area contributed by atoms with Gasteiger partial charge in [-0.3, -0.25) is 9.59 Å². The Labute approximate surface area is 159 Å². The van der Waals surface area contributed by atoms with Gasteiger partial charge in [-0.15, -0.1) is 0 Å². The Morgan fingerprint density at radius 3 is 2.67 bits per heavy atom. The first-order valence-electron chi connectivity index (χ1n) is 9.42. The van der Waals surface area contributed by atoms with Gasteiger partial charge in [0, 0.05) is 31.1 Å². The third-order valence-corrected chi connectivity index (χ3v) is 5.74. The van der Waals surface area contributed by atoms with Crippen molar-refractivity contribution in [2.24, 2.45) is 5.92 Å². The third kappa shape index (κ3) is 3.33. The summed E-state index contributed by atoms with van der Waals surface area (Å²) in [4.78, 5) is 28.5. The van der Waals surface area contributed by atoms with Gasteiger partial charge in [-0.2, -0.15) is 0 Å². The maximum absolute atomic E-state index is 12.6. The summed E-state index contributed by atoms with van der Waals surface area (Å²) >= 11 is 0. The van der Waals surface area contributed by atoms with Crippen LogP contribution in [0, 0.1) is 17.8 Å². The molecule has 3 atom stereocenters. The number of benzene rings is 1. The van der Waals surface area contributed by atoms with Gasteiger partial charge in [0.1, 0.15) is 6.61 Å². The Hall–Kier alpha value is -2.36. The van der Waals surface area contributed by atoms with Crippen LogP contribution in [-0.2, 0) is 14.3 Å². The van der Waals surface area contributed by atoms with Crippen LogP contribution in [0.3, 0.4) is 0 Å². The van der Waals surface area contributed by atoms with E-state index in [4.69, 9.17) is 4.74 Å². The molecule has 3 aliphatic rings. The monoisotopic (exact) mass is 368 g/mol. The van der Waals surface area contributed by atoms with Crippen molar-refractivity contribution in [2.75, 3.05) is 33.4 Å². The molecular weight excluding hydrogens is 344 g/mol. The lowest BCUT2D eigenvalue weighted by Crippen LogP contribution is -2.73. The van der Waals surface area contributed by atoms with Gasteiger partial charge in [-0.05, 0) is 30.5 Å². The van der Waals surface area contributed by atoms with Crippen molar-refractivity contribution in [3.05, 3.63) is 35.4 Å². The molecule has 0 aromatic heterocycles. The number of amides is 2. The first-order chi connectivity index (χ1) is 13.1. The standard InChI is InChI=1S/C21H24N2O4/c1-27-10-2-3-14-4-6-15(7-5-14)20-17-11-22(21(26)16-8-9-16)12-19(25)23(17)18(20)13-24/h4-7,16-18,20,24H,8-13H2,1H3/t17-,18-,20-/m0/s1. The van der Waals surface area contributed by atoms with E-state index >= 15 is 0 Å². The molecule has 4 rings (SSSR count). The number of carbonyl (C=O) groups is 2. The number of nitrogens with zero attached hydrogens (tertiary/aromatic N) is 2. The van der Waals surface area contributed by atoms with E-state index in [1.807, 2.05) is 24.3 Å². The van der Waals surface area contributed by atoms with Crippen LogP contribution in [0.15, 0.2) is 24.3 Å². The highest BCUT2D eigenvalue weighted by atomic mass is 16.5. The van der Waals surface area contributed by atoms with Gasteiger partial charge in [-0.1, -0.05) is 24.0 Å². The van der Waals surface area contributed by atoms with E-state index in [0.717, 1.165) is 24.0 Å². The van der Waals surface area contributed by atoms with Crippen LogP contribution in [-0.4, -0.2) is 72.2 Å². The van der Waals surface area contributed by atoms with Gasteiger partial charge < -0.3 is 19.6 Å². The number of piperazine rings is 1. The molecule has 2 aliphatic heterocycles. The lowest BCUT2D eigenvalue weighted by molar-refractivity contribution is -0.167. The molecule has 0 spiro atoms. The van der Waals surface area contributed by atoms with Crippen molar-refractivity contribution < 1.29 is 19.4 Å². The highest BCUT2D eigenvalue weighted by Crippen LogP contribution is 2.43. The summed E-state index contributed by atoms with van der Waals surface area (Å²) in [5.41, 5.74) is 1.97. The van der Waals surface area contributed by atoms with E-state index in [2.05, 4.69) is 11.8 Å². The zero-order valence-corrected chi connectivity index (χ0v) is 15.4. The van der Waals surface area contributed by atoms with E-state index in [0.29, 0.717) is 13.2 Å². The van der Waals surface area contributed by atoms with Crippen molar-refractivity contribution in [2.45, 2.75) is 30.8 Å². The maximum Gasteiger partial charge on any atom is 0.242 e. The Morgan fingerprint density at radius 2 is 2.04 bits per heavy atom. The fourth-order valence-electron chi connectivity index (χ4n) is 4.25. The van der Waals surface area contributed by atoms with Gasteiger partial charge in [0.05, 0.1) is 25.2 Å². The molecule has 1 aromatic rings. The summed E-state index contributed by atoms with van der Waals surface area (Å²) < 4.78 is 4.93. The molecule has 0 bridgehead atoms. The van der Waals surface area contributed by atoms with Crippen LogP contribution in [0.1, 0.15) is 29.9 Å². The molecule has 0 unspecified atom stereocenters. The number of methoxy groups -OCH3 is 1. The van der Waals surface area contributed by atoms with Crippen molar-refractivity contribution in [1.82, 2.24) is 9.80 Å². The van der Waals surface area contributed by atoms with Crippen molar-refractivity contribution in [3.63, 3.8) is 0 Å². The second kappa shape index (κ2) is 7.34. The van der Waals surface area contributed by atoms with E-state index in [1.165, 1.54) is 0 Å². The van der Waals surface area contributed by atoms with Gasteiger partial charge >= 0.3 is 0 Å². The summed E-state index contributed by atoms with van der Waals surface area (Å²) in [5.74, 6) is 6.16. The molecule has 2 amide bonds. The summed E-state index contributed by atoms with van der Waals surface area (Å²) in [6.07, 6.45) is 1.87. The molecular formula is C21H24N2O4. The van der Waals surface area contributed by atoms with Crippen LogP contribution in [0.4, 0.5) is 0 Å². The van der Waals surface area contributed by atoms with Crippen LogP contribution in [0.2, 0.25) is 0 Å². The number of aliphatic hydroxyl groups is 1. The number of rotatable bonds is 4. The molecule has 3 fully saturated rings. The van der Waals surface area contributed by atoms with E-state index in [-0.39, 0.29) is 48.9 Å². The van der Waals surface area contributed by atoms with Crippen molar-refractivity contribution in [3.8, 4) is 11.8 Å². The topological polar surface area (TPSA) is 70.1 Å². The SMILES string of the molecule is COCC#Cc1ccc([C@@H]2[C@H](CO)N3C(=O)CN(C(=O)C4CC4)C[C@@H]23)cc1. The number of ether oxygens (including phenoxy) is 1. The molecule has 1 aliphatic carbocycles. The van der Waals surface area contributed by atoms with E-state index < -0.39 is 0 Å². The van der Waals surface area contributed by atoms with Crippen molar-refractivity contribution in [1.29, 1.82) is 0 Å². The zero-order chi connectivity index (χ0) is 19.0. The Balaban J connectivity index is 1.52. The summed E-state index contributed by atoms with van der Waals surface area (Å²) in [7, 11) is 1.61. The fraction of sp³-hybridized carbons (Fsp3) is 0.524. The molecule has 6 heteroatoms. The van der Waals surface area contributed by atoms with E-state index in [1.54, 1.807) is 16.9 Å². The Bertz CT molecular complexity index is 791. The Morgan fingerprint density at radius 1 is 1.30 bits per heavy atom. The average Bonchev–Trinajstić information content (AvgIpc) is 3.49. The highest BCUT2D eigenvalue weighted by Gasteiger charge is 2.55. The lowest BCUT2D eigenvalue weighted by Gasteiger charge is -2.58. The normalized spacial score (nSPS) is 26.7. The highest BCUT2D eigenvalue weighted by molar-refractivity contribution is 5.89. The van der Waals surface area contributed by atoms with Crippen LogP contribution in [0.25, 0.3) is 0 Å². The molecule has 27 heavy (non-hydrogen) atoms. The number of hydrogen-bond acceptors (Lipinski definition) is 4. The van der Waals surface area contributed by atoms with Crippen LogP contribution < -0.4 is 0 Å². The molecule has 1 N–H and O–H groups in total. The second-order valence-corrected chi connectivity index (χ2v) is 7.49. The van der Waals surface area contributed by atoms with Gasteiger partial charge in [0.2, 0.25) is 11.8 Å². The van der Waals surface area contributed by atoms with Crippen LogP contribution >= 0.6 is 0 Å². The first-order valence-corrected chi connectivity index (χ1v) is 9.42. The number of aliphatic hydroxyl groups excluding tert-OH is 1. The fourth-order valence-corrected chi connectivity index (χ4v) is 4.25. The summed E-state index contributed by atoms with van der Waals surface area (Å²) in [6, 6.07) is 7.64. The number of carbonyl (C=O) groups excluding carboxylic acids is 2. The minimum Gasteiger partial charge on any atom is -0.394 e. The average molecular weight is 368 g/mol. The molecule has 1 saturated carbocycles. The van der Waals surface area contributed by atoms with Crippen LogP contribution in [0.5, 0.6) is 0 Å². The zero-order valence-electron chi connectivity index (χ0n) is 15.4. The minimum absolute atomic E-state index is 0.0368. The third-order valence-electron chi connectivity index (χ3n) is 5.74. The molecule has 2 saturated heterocycles. The maximum atomic E-state index is 12.6.